The molecule has 2 amide bonds. The molecule has 1 heterocycles. The van der Waals surface area contributed by atoms with Gasteiger partial charge in [0.1, 0.15) is 0 Å². The maximum atomic E-state index is 12.1. The predicted molar refractivity (Wildman–Crippen MR) is 82.5 cm³/mol. The van der Waals surface area contributed by atoms with Crippen molar-refractivity contribution in [2.75, 3.05) is 6.54 Å². The minimum atomic E-state index is -1.19. The molecule has 0 bridgehead atoms. The highest BCUT2D eigenvalue weighted by Crippen LogP contribution is 2.30. The molecule has 0 aliphatic carbocycles. The van der Waals surface area contributed by atoms with Gasteiger partial charge in [0.05, 0.1) is 4.91 Å². The maximum Gasteiger partial charge on any atom is 0.293 e. The number of allylic oxidation sites excluding steroid dienone is 2. The highest BCUT2D eigenvalue weighted by molar-refractivity contribution is 8.18. The van der Waals surface area contributed by atoms with Gasteiger partial charge in [-0.05, 0) is 36.2 Å². The quantitative estimate of drug-likeness (QED) is 0.748. The fourth-order valence-electron chi connectivity index (χ4n) is 1.90. The van der Waals surface area contributed by atoms with Crippen molar-refractivity contribution in [3.63, 3.8) is 0 Å². The Balaban J connectivity index is 1.97. The van der Waals surface area contributed by atoms with E-state index in [0.717, 1.165) is 22.2 Å². The lowest BCUT2D eigenvalue weighted by Gasteiger charge is -2.11. The molecule has 0 spiro atoms. The molecule has 0 aromatic heterocycles. The fraction of sp³-hybridized carbons (Fsp3) is 0.188. The first kappa shape index (κ1) is 16.0. The lowest BCUT2D eigenvalue weighted by molar-refractivity contribution is -0.305. The number of carboxylic acid groups (broad SMARTS) is 1. The van der Waals surface area contributed by atoms with E-state index in [1.165, 1.54) is 0 Å². The van der Waals surface area contributed by atoms with E-state index < -0.39 is 5.97 Å². The van der Waals surface area contributed by atoms with E-state index in [1.54, 1.807) is 12.2 Å². The molecule has 1 aliphatic rings. The smallest absolute Gasteiger partial charge is 0.293 e. The van der Waals surface area contributed by atoms with Crippen LogP contribution in [-0.4, -0.2) is 28.6 Å². The molecule has 1 aromatic carbocycles. The number of benzene rings is 1. The number of thioether (sulfide) groups is 1. The predicted octanol–water partition coefficient (Wildman–Crippen LogP) is 1.81. The van der Waals surface area contributed by atoms with Crippen molar-refractivity contribution in [1.82, 2.24) is 4.90 Å². The normalized spacial score (nSPS) is 16.9. The minimum Gasteiger partial charge on any atom is -0.550 e. The van der Waals surface area contributed by atoms with Gasteiger partial charge in [0.2, 0.25) is 0 Å². The molecule has 1 saturated heterocycles. The van der Waals surface area contributed by atoms with E-state index in [-0.39, 0.29) is 30.5 Å². The van der Waals surface area contributed by atoms with E-state index in [4.69, 9.17) is 0 Å². The second-order valence-electron chi connectivity index (χ2n) is 4.60. The van der Waals surface area contributed by atoms with Crippen LogP contribution in [0.15, 0.2) is 47.4 Å². The number of hydrogen-bond donors (Lipinski definition) is 0. The van der Waals surface area contributed by atoms with Crippen LogP contribution in [-0.2, 0) is 9.59 Å². The highest BCUT2D eigenvalue weighted by atomic mass is 32.2. The molecule has 5 nitrogen and oxygen atoms in total. The van der Waals surface area contributed by atoms with E-state index in [9.17, 15) is 19.5 Å². The van der Waals surface area contributed by atoms with Crippen molar-refractivity contribution in [3.05, 3.63) is 53.0 Å². The standard InChI is InChI=1S/C16H15NO4S/c18-14(19)10-5-11-17-15(20)13(22-16(17)21)9-4-8-12-6-2-1-3-7-12/h1-4,6-9H,5,10-11H2,(H,18,19)/p-1/b8-4+,13-9+. The Labute approximate surface area is 132 Å². The Bertz CT molecular complexity index is 637. The first-order valence-corrected chi connectivity index (χ1v) is 7.56. The van der Waals surface area contributed by atoms with Crippen molar-refractivity contribution in [2.24, 2.45) is 0 Å². The highest BCUT2D eigenvalue weighted by Gasteiger charge is 2.33. The van der Waals surface area contributed by atoms with Gasteiger partial charge in [0.25, 0.3) is 11.1 Å². The van der Waals surface area contributed by atoms with Crippen molar-refractivity contribution in [1.29, 1.82) is 0 Å². The Morgan fingerprint density at radius 2 is 1.95 bits per heavy atom. The Hall–Kier alpha value is -2.34. The number of amides is 2. The maximum absolute atomic E-state index is 12.1. The van der Waals surface area contributed by atoms with Crippen LogP contribution in [0, 0.1) is 0 Å². The molecule has 1 aromatic rings. The third-order valence-corrected chi connectivity index (χ3v) is 3.90. The third-order valence-electron chi connectivity index (χ3n) is 2.97. The summed E-state index contributed by atoms with van der Waals surface area (Å²) in [6.45, 7) is 0.0956. The summed E-state index contributed by atoms with van der Waals surface area (Å²) in [5, 5.41) is 9.98. The van der Waals surface area contributed by atoms with Crippen LogP contribution in [0.5, 0.6) is 0 Å². The molecule has 1 aliphatic heterocycles. The second-order valence-corrected chi connectivity index (χ2v) is 5.59. The second kappa shape index (κ2) is 7.61. The van der Waals surface area contributed by atoms with Gasteiger partial charge in [-0.25, -0.2) is 0 Å². The molecule has 0 atom stereocenters. The van der Waals surface area contributed by atoms with Crippen molar-refractivity contribution >= 4 is 35.0 Å². The van der Waals surface area contributed by atoms with Gasteiger partial charge in [-0.2, -0.15) is 0 Å². The molecule has 6 heteroatoms. The number of imide groups is 1. The molecule has 0 radical (unpaired) electrons. The zero-order chi connectivity index (χ0) is 15.9. The lowest BCUT2D eigenvalue weighted by atomic mass is 10.2. The Kier molecular flexibility index (Phi) is 5.55. The summed E-state index contributed by atoms with van der Waals surface area (Å²) in [6, 6.07) is 9.58. The van der Waals surface area contributed by atoms with Gasteiger partial charge in [-0.15, -0.1) is 0 Å². The van der Waals surface area contributed by atoms with Gasteiger partial charge in [-0.3, -0.25) is 14.5 Å². The van der Waals surface area contributed by atoms with Crippen molar-refractivity contribution < 1.29 is 19.5 Å². The zero-order valence-corrected chi connectivity index (χ0v) is 12.5. The van der Waals surface area contributed by atoms with E-state index in [2.05, 4.69) is 0 Å². The van der Waals surface area contributed by atoms with E-state index >= 15 is 0 Å². The molecule has 0 unspecified atom stereocenters. The van der Waals surface area contributed by atoms with Gasteiger partial charge in [0, 0.05) is 12.5 Å². The summed E-state index contributed by atoms with van der Waals surface area (Å²) in [7, 11) is 0. The van der Waals surface area contributed by atoms with E-state index in [1.807, 2.05) is 36.4 Å². The summed E-state index contributed by atoms with van der Waals surface area (Å²) < 4.78 is 0. The topological polar surface area (TPSA) is 77.5 Å². The number of carbonyl (C=O) groups excluding carboxylic acids is 3. The molecular formula is C16H14NO4S-. The van der Waals surface area contributed by atoms with Crippen LogP contribution in [0.25, 0.3) is 6.08 Å². The van der Waals surface area contributed by atoms with Crippen LogP contribution in [0.3, 0.4) is 0 Å². The van der Waals surface area contributed by atoms with E-state index in [0.29, 0.717) is 4.91 Å². The van der Waals surface area contributed by atoms with Crippen LogP contribution in [0.1, 0.15) is 18.4 Å². The van der Waals surface area contributed by atoms with Crippen LogP contribution in [0.2, 0.25) is 0 Å². The third kappa shape index (κ3) is 4.33. The Morgan fingerprint density at radius 1 is 1.23 bits per heavy atom. The summed E-state index contributed by atoms with van der Waals surface area (Å²) in [5.41, 5.74) is 0.993. The summed E-state index contributed by atoms with van der Waals surface area (Å²) in [6.07, 6.45) is 5.18. The van der Waals surface area contributed by atoms with Gasteiger partial charge >= 0.3 is 0 Å². The van der Waals surface area contributed by atoms with Crippen molar-refractivity contribution in [2.45, 2.75) is 12.8 Å². The average Bonchev–Trinajstić information content (AvgIpc) is 2.76. The summed E-state index contributed by atoms with van der Waals surface area (Å²) >= 11 is 0.860. The number of carbonyl (C=O) groups is 3. The van der Waals surface area contributed by atoms with Gasteiger partial charge < -0.3 is 9.90 Å². The molecular weight excluding hydrogens is 302 g/mol. The molecule has 0 saturated carbocycles. The fourth-order valence-corrected chi connectivity index (χ4v) is 2.72. The number of carboxylic acids is 1. The summed E-state index contributed by atoms with van der Waals surface area (Å²) in [5.74, 6) is -1.57. The van der Waals surface area contributed by atoms with Gasteiger partial charge in [0.15, 0.2) is 0 Å². The minimum absolute atomic E-state index is 0.0956. The average molecular weight is 316 g/mol. The molecule has 22 heavy (non-hydrogen) atoms. The largest absolute Gasteiger partial charge is 0.550 e. The number of rotatable bonds is 6. The SMILES string of the molecule is O=C([O-])CCCN1C(=O)S/C(=C/C=C/c2ccccc2)C1=O. The van der Waals surface area contributed by atoms with Crippen LogP contribution >= 0.6 is 11.8 Å². The number of nitrogens with zero attached hydrogens (tertiary/aromatic N) is 1. The molecule has 114 valence electrons. The van der Waals surface area contributed by atoms with Crippen molar-refractivity contribution in [3.8, 4) is 0 Å². The molecule has 0 N–H and O–H groups in total. The Morgan fingerprint density at radius 3 is 2.64 bits per heavy atom. The van der Waals surface area contributed by atoms with Gasteiger partial charge in [-0.1, -0.05) is 42.5 Å². The number of aliphatic carboxylic acids is 1. The molecule has 1 fully saturated rings. The van der Waals surface area contributed by atoms with Crippen LogP contribution < -0.4 is 5.11 Å². The molecule has 2 rings (SSSR count). The summed E-state index contributed by atoms with van der Waals surface area (Å²) in [4.78, 5) is 35.6. The number of hydrogen-bond acceptors (Lipinski definition) is 5. The zero-order valence-electron chi connectivity index (χ0n) is 11.7. The first-order valence-electron chi connectivity index (χ1n) is 6.75. The first-order chi connectivity index (χ1) is 10.6. The van der Waals surface area contributed by atoms with Crippen LogP contribution in [0.4, 0.5) is 4.79 Å². The monoisotopic (exact) mass is 316 g/mol. The lowest BCUT2D eigenvalue weighted by Crippen LogP contribution is -2.30.